The van der Waals surface area contributed by atoms with Gasteiger partial charge in [-0.05, 0) is 64.7 Å². The second kappa shape index (κ2) is 27.4. The Labute approximate surface area is 474 Å². The summed E-state index contributed by atoms with van der Waals surface area (Å²) < 4.78 is 31.2. The normalized spacial score (nSPS) is 21.7. The number of esters is 3. The highest BCUT2D eigenvalue weighted by atomic mass is 127. The number of ether oxygens (including phenoxy) is 5. The van der Waals surface area contributed by atoms with Gasteiger partial charge in [-0.1, -0.05) is 148 Å². The summed E-state index contributed by atoms with van der Waals surface area (Å²) >= 11 is 7.93. The van der Waals surface area contributed by atoms with Gasteiger partial charge in [0, 0.05) is 43.8 Å². The minimum Gasteiger partial charge on any atom is -0.459 e. The van der Waals surface area contributed by atoms with Crippen LogP contribution in [0.2, 0.25) is 5.02 Å². The van der Waals surface area contributed by atoms with Gasteiger partial charge in [0.05, 0.1) is 16.7 Å². The van der Waals surface area contributed by atoms with Crippen molar-refractivity contribution in [3.8, 4) is 0 Å². The molecule has 0 saturated carbocycles. The number of benzene rings is 5. The zero-order valence-corrected chi connectivity index (χ0v) is 44.7. The smallest absolute Gasteiger partial charge is 0.338 e. The van der Waals surface area contributed by atoms with Gasteiger partial charge in [0.1, 0.15) is 19.8 Å². The van der Waals surface area contributed by atoms with Crippen molar-refractivity contribution in [1.29, 1.82) is 0 Å². The molecule has 4 heterocycles. The molecule has 0 aliphatic carbocycles. The Balaban J connectivity index is 0.000000218. The maximum absolute atomic E-state index is 13.3. The van der Waals surface area contributed by atoms with E-state index in [4.69, 9.17) is 54.8 Å². The Kier molecular flexibility index (Phi) is 19.8. The summed E-state index contributed by atoms with van der Waals surface area (Å²) in [4.78, 5) is 121. The first-order valence-corrected chi connectivity index (χ1v) is 25.9. The van der Waals surface area contributed by atoms with Crippen molar-refractivity contribution in [2.24, 2.45) is 10.2 Å². The highest BCUT2D eigenvalue weighted by molar-refractivity contribution is 14.1. The van der Waals surface area contributed by atoms with E-state index < -0.39 is 95.3 Å². The molecule has 9 rings (SSSR count). The molecule has 0 amide bonds. The van der Waals surface area contributed by atoms with E-state index in [0.29, 0.717) is 5.56 Å². The summed E-state index contributed by atoms with van der Waals surface area (Å²) in [6.07, 6.45) is -6.27. The van der Waals surface area contributed by atoms with Crippen LogP contribution in [0.5, 0.6) is 0 Å². The van der Waals surface area contributed by atoms with E-state index in [1.807, 2.05) is 59.0 Å². The number of aromatic nitrogens is 4. The van der Waals surface area contributed by atoms with Crippen molar-refractivity contribution in [3.63, 3.8) is 0 Å². The highest BCUT2D eigenvalue weighted by Gasteiger charge is 2.62. The number of hydrogen-bond donors (Lipinski definition) is 2. The molecule has 0 spiro atoms. The predicted molar refractivity (Wildman–Crippen MR) is 291 cm³/mol. The molecule has 8 atom stereocenters. The summed E-state index contributed by atoms with van der Waals surface area (Å²) in [6.45, 7) is -0.854. The zero-order valence-electron chi connectivity index (χ0n) is 41.8. The minimum absolute atomic E-state index is 0.0304. The van der Waals surface area contributed by atoms with Crippen LogP contribution in [0, 0.1) is 0 Å². The Morgan fingerprint density at radius 1 is 0.580 bits per heavy atom. The lowest BCUT2D eigenvalue weighted by molar-refractivity contribution is -0.352. The van der Waals surface area contributed by atoms with Crippen LogP contribution in [0.1, 0.15) is 54.7 Å². The lowest BCUT2D eigenvalue weighted by Crippen LogP contribution is -2.49. The van der Waals surface area contributed by atoms with Gasteiger partial charge in [-0.2, -0.15) is 0 Å². The SMILES string of the molecule is [N-]=[N+]=N[C@]1(CI)O[C@@H](n2ccc(=O)[nH]c2=O)[C@H](OOCc2ccccc2)[C@@H]1OC(=O)c1ccccc1.[N-]=[N+]=N[C@]1(COC(=O)c2cccc(Cl)c2)O[C@@H](n2ccc(=O)[nH]c2=O)[C@H](OOCc2ccccc2)[C@@H]1OC(=O)c1ccccc1. The molecule has 0 radical (unpaired) electrons. The third-order valence-electron chi connectivity index (χ3n) is 12.0. The summed E-state index contributed by atoms with van der Waals surface area (Å²) in [5.41, 5.74) is 13.8. The average Bonchev–Trinajstić information content (AvgIpc) is 3.29. The molecule has 2 aromatic heterocycles. The van der Waals surface area contributed by atoms with Crippen LogP contribution in [-0.2, 0) is 56.4 Å². The van der Waals surface area contributed by atoms with Crippen LogP contribution >= 0.6 is 34.2 Å². The van der Waals surface area contributed by atoms with E-state index in [0.717, 1.165) is 33.0 Å². The van der Waals surface area contributed by atoms with Crippen molar-refractivity contribution in [2.45, 2.75) is 61.5 Å². The van der Waals surface area contributed by atoms with E-state index >= 15 is 0 Å². The lowest BCUT2D eigenvalue weighted by Gasteiger charge is -2.29. The monoisotopic (exact) mass is 1240 g/mol. The molecule has 5 aromatic carbocycles. The Morgan fingerprint density at radius 2 is 1.00 bits per heavy atom. The molecular weight excluding hydrogens is 1190 g/mol. The lowest BCUT2D eigenvalue weighted by atomic mass is 10.0. The second-order valence-electron chi connectivity index (χ2n) is 17.3. The molecule has 0 bridgehead atoms. The quantitative estimate of drug-likeness (QED) is 0.00854. The predicted octanol–water partition coefficient (Wildman–Crippen LogP) is 7.57. The molecule has 2 aliphatic rings. The van der Waals surface area contributed by atoms with Crippen LogP contribution in [0.3, 0.4) is 0 Å². The highest BCUT2D eigenvalue weighted by Crippen LogP contribution is 2.44. The van der Waals surface area contributed by atoms with Crippen molar-refractivity contribution in [2.75, 3.05) is 11.0 Å². The fourth-order valence-electron chi connectivity index (χ4n) is 8.18. The van der Waals surface area contributed by atoms with E-state index in [1.165, 1.54) is 36.5 Å². The van der Waals surface area contributed by atoms with E-state index in [2.05, 4.69) is 30.0 Å². The molecular formula is C53H44ClIN10O16. The number of alkyl halides is 1. The first-order chi connectivity index (χ1) is 39.3. The summed E-state index contributed by atoms with van der Waals surface area (Å²) in [5, 5.41) is 7.82. The average molecular weight is 1240 g/mol. The maximum atomic E-state index is 13.3. The Bertz CT molecular complexity index is 3660. The third-order valence-corrected chi connectivity index (χ3v) is 13.3. The number of halogens is 2. The number of carbonyl (C=O) groups excluding carboxylic acids is 3. The van der Waals surface area contributed by atoms with E-state index in [1.54, 1.807) is 78.9 Å². The van der Waals surface area contributed by atoms with Crippen molar-refractivity contribution >= 4 is 52.1 Å². The maximum Gasteiger partial charge on any atom is 0.338 e. The molecule has 81 heavy (non-hydrogen) atoms. The first kappa shape index (κ1) is 58.4. The molecule has 0 unspecified atom stereocenters. The summed E-state index contributed by atoms with van der Waals surface area (Å²) in [7, 11) is 0. The van der Waals surface area contributed by atoms with Crippen LogP contribution < -0.4 is 22.5 Å². The van der Waals surface area contributed by atoms with Gasteiger partial charge in [0.25, 0.3) is 11.1 Å². The van der Waals surface area contributed by atoms with Crippen LogP contribution in [-0.4, -0.2) is 83.9 Å². The van der Waals surface area contributed by atoms with Gasteiger partial charge in [0.2, 0.25) is 5.72 Å². The van der Waals surface area contributed by atoms with Gasteiger partial charge >= 0.3 is 29.3 Å². The van der Waals surface area contributed by atoms with Gasteiger partial charge in [-0.3, -0.25) is 28.7 Å². The molecule has 7 aromatic rings. The van der Waals surface area contributed by atoms with Crippen LogP contribution in [0.15, 0.2) is 200 Å². The zero-order chi connectivity index (χ0) is 57.4. The topological polar surface area (TPSA) is 342 Å². The number of azide groups is 2. The van der Waals surface area contributed by atoms with Crippen molar-refractivity contribution in [3.05, 3.63) is 266 Å². The summed E-state index contributed by atoms with van der Waals surface area (Å²) in [5.74, 6) is -2.48. The number of carbonyl (C=O) groups is 3. The van der Waals surface area contributed by atoms with Gasteiger partial charge in [-0.15, -0.1) is 0 Å². The fourth-order valence-corrected chi connectivity index (χ4v) is 9.14. The number of H-pyrrole nitrogens is 2. The summed E-state index contributed by atoms with van der Waals surface area (Å²) in [6, 6.07) is 42.2. The van der Waals surface area contributed by atoms with Gasteiger partial charge < -0.3 is 23.7 Å². The molecule has 416 valence electrons. The van der Waals surface area contributed by atoms with Crippen molar-refractivity contribution < 1.29 is 57.6 Å². The fraction of sp³-hybridized carbons (Fsp3) is 0.226. The number of rotatable bonds is 20. The number of nitrogens with zero attached hydrogens (tertiary/aromatic N) is 8. The molecule has 28 heteroatoms. The largest absolute Gasteiger partial charge is 0.459 e. The Hall–Kier alpha value is -8.73. The number of aromatic amines is 2. The van der Waals surface area contributed by atoms with Gasteiger partial charge in [0.15, 0.2) is 42.6 Å². The van der Waals surface area contributed by atoms with Crippen LogP contribution in [0.25, 0.3) is 20.9 Å². The number of hydrogen-bond acceptors (Lipinski definition) is 18. The molecule has 2 fully saturated rings. The van der Waals surface area contributed by atoms with E-state index in [9.17, 15) is 44.6 Å². The van der Waals surface area contributed by atoms with E-state index in [-0.39, 0.29) is 39.4 Å². The standard InChI is InChI=1S/C30H24ClN5O9.C23H20IN5O7/c31-22-13-7-12-21(16-22)27(38)41-18-30(34-35-32)25(43-28(39)20-10-5-2-6-11-20)24(45-42-17-19-8-3-1-4-9-19)26(44-30)36-15-14-23(37)33-29(36)40;24-14-23(27-28-25)19(34-21(31)16-9-5-2-6-10-16)18(36-33-13-15-7-3-1-4-8-15)20(35-23)29-12-11-17(30)26-22(29)32/h1-16,24-26H,17-18H2,(H,33,37,40);1-12,18-20H,13-14H2,(H,26,30,32)/t24-,25+,26-,30-;18-,19+,20-,23-/m11/s1. The second-order valence-corrected chi connectivity index (χ2v) is 18.5. The molecule has 2 saturated heterocycles. The van der Waals surface area contributed by atoms with Crippen LogP contribution in [0.4, 0.5) is 0 Å². The molecule has 26 nitrogen and oxygen atoms in total. The molecule has 2 N–H and O–H groups in total. The molecule has 2 aliphatic heterocycles. The van der Waals surface area contributed by atoms with Crippen molar-refractivity contribution in [1.82, 2.24) is 19.1 Å². The minimum atomic E-state index is -2.30. The number of nitrogens with one attached hydrogen (secondary N) is 2. The first-order valence-electron chi connectivity index (χ1n) is 24.0. The Morgan fingerprint density at radius 3 is 1.43 bits per heavy atom. The third kappa shape index (κ3) is 14.4. The van der Waals surface area contributed by atoms with Gasteiger partial charge in [-0.25, -0.2) is 43.5 Å².